The minimum Gasteiger partial charge on any atom is -0.496 e. The number of carboxylic acid groups (broad SMARTS) is 1. The minimum absolute atomic E-state index is 0.535. The van der Waals surface area contributed by atoms with Crippen LogP contribution in [0.25, 0.3) is 17.0 Å². The number of ether oxygens (including phenoxy) is 2. The van der Waals surface area contributed by atoms with Crippen molar-refractivity contribution in [2.75, 3.05) is 7.11 Å². The molecule has 4 atom stereocenters. The van der Waals surface area contributed by atoms with Gasteiger partial charge in [0.25, 0.3) is 0 Å². The van der Waals surface area contributed by atoms with E-state index in [1.165, 1.54) is 19.4 Å². The maximum Gasteiger partial charge on any atom is 0.335 e. The third-order valence-electron chi connectivity index (χ3n) is 4.71. The van der Waals surface area contributed by atoms with Crippen LogP contribution in [0.15, 0.2) is 35.0 Å². The molecule has 1 saturated carbocycles. The van der Waals surface area contributed by atoms with Crippen LogP contribution >= 0.6 is 0 Å². The lowest BCUT2D eigenvalue weighted by atomic mass is 9.79. The minimum atomic E-state index is -2.29. The van der Waals surface area contributed by atoms with Crippen molar-refractivity contribution in [2.24, 2.45) is 0 Å². The first-order chi connectivity index (χ1) is 13.2. The summed E-state index contributed by atoms with van der Waals surface area (Å²) in [6.45, 7) is 0. The average Bonchev–Trinajstić information content (AvgIpc) is 3.12. The number of hydrogen-bond acceptors (Lipinski definition) is 8. The molecule has 0 aliphatic heterocycles. The highest BCUT2D eigenvalue weighted by Gasteiger charge is 2.50. The van der Waals surface area contributed by atoms with Gasteiger partial charge in [0.1, 0.15) is 23.5 Å². The second-order valence-corrected chi connectivity index (χ2v) is 6.67. The third kappa shape index (κ3) is 3.86. The summed E-state index contributed by atoms with van der Waals surface area (Å²) in [6, 6.07) is 5.11. The molecule has 1 fully saturated rings. The number of carboxylic acids is 1. The molecule has 0 bridgehead atoms. The highest BCUT2D eigenvalue weighted by Crippen LogP contribution is 2.32. The molecule has 1 aromatic heterocycles. The highest BCUT2D eigenvalue weighted by atomic mass is 16.6. The van der Waals surface area contributed by atoms with Crippen LogP contribution < -0.4 is 4.74 Å². The van der Waals surface area contributed by atoms with E-state index in [4.69, 9.17) is 19.0 Å². The number of methoxy groups -OCH3 is 1. The number of carbonyl (C=O) groups is 2. The molecule has 28 heavy (non-hydrogen) atoms. The molecule has 3 rings (SSSR count). The van der Waals surface area contributed by atoms with Gasteiger partial charge in [-0.25, -0.2) is 9.59 Å². The van der Waals surface area contributed by atoms with Crippen molar-refractivity contribution in [1.29, 1.82) is 0 Å². The molecule has 1 aliphatic rings. The molecule has 0 amide bonds. The number of benzene rings is 1. The summed E-state index contributed by atoms with van der Waals surface area (Å²) in [5, 5.41) is 39.7. The normalized spacial score (nSPS) is 27.8. The molecule has 1 heterocycles. The van der Waals surface area contributed by atoms with Crippen LogP contribution in [-0.4, -0.2) is 63.4 Å². The van der Waals surface area contributed by atoms with Crippen LogP contribution in [-0.2, 0) is 14.3 Å². The zero-order chi connectivity index (χ0) is 20.5. The van der Waals surface area contributed by atoms with Gasteiger partial charge in [-0.15, -0.1) is 0 Å². The lowest BCUT2D eigenvalue weighted by molar-refractivity contribution is -0.196. The number of aliphatic hydroxyl groups excluding tert-OH is 2. The first-order valence-corrected chi connectivity index (χ1v) is 8.49. The fourth-order valence-corrected chi connectivity index (χ4v) is 3.21. The molecule has 9 nitrogen and oxygen atoms in total. The fraction of sp³-hybridized carbons (Fsp3) is 0.368. The first kappa shape index (κ1) is 19.9. The van der Waals surface area contributed by atoms with Crippen molar-refractivity contribution in [2.45, 2.75) is 36.8 Å². The predicted molar refractivity (Wildman–Crippen MR) is 95.5 cm³/mol. The maximum atomic E-state index is 12.1. The Morgan fingerprint density at radius 1 is 1.29 bits per heavy atom. The van der Waals surface area contributed by atoms with E-state index < -0.39 is 48.7 Å². The molecule has 150 valence electrons. The van der Waals surface area contributed by atoms with Crippen LogP contribution in [0.1, 0.15) is 18.4 Å². The van der Waals surface area contributed by atoms with Crippen molar-refractivity contribution in [1.82, 2.24) is 0 Å². The number of aliphatic hydroxyl groups is 3. The summed E-state index contributed by atoms with van der Waals surface area (Å²) < 4.78 is 15.7. The standard InChI is InChI=1S/C19H20O9/c1-26-13-6-10(7-14-11(13)4-5-27-14)2-3-16(21)28-15-9-19(25,18(23)24)8-12(20)17(15)22/h2-7,12,15,17,20,22,25H,8-9H2,1H3,(H,23,24)/b3-2+/t12-,15-,17-,19+/m1/s1. The van der Waals surface area contributed by atoms with Gasteiger partial charge in [0.05, 0.1) is 24.9 Å². The molecular formula is C19H20O9. The number of esters is 1. The van der Waals surface area contributed by atoms with E-state index in [0.29, 0.717) is 16.9 Å². The van der Waals surface area contributed by atoms with E-state index in [1.54, 1.807) is 18.2 Å². The van der Waals surface area contributed by atoms with Crippen molar-refractivity contribution < 1.29 is 43.9 Å². The average molecular weight is 392 g/mol. The number of fused-ring (bicyclic) bond motifs is 1. The van der Waals surface area contributed by atoms with Gasteiger partial charge in [-0.1, -0.05) is 0 Å². The molecule has 4 N–H and O–H groups in total. The van der Waals surface area contributed by atoms with Crippen LogP contribution in [0, 0.1) is 0 Å². The Balaban J connectivity index is 1.73. The molecule has 2 aromatic rings. The molecular weight excluding hydrogens is 372 g/mol. The Morgan fingerprint density at radius 3 is 2.71 bits per heavy atom. The summed E-state index contributed by atoms with van der Waals surface area (Å²) >= 11 is 0. The quantitative estimate of drug-likeness (QED) is 0.426. The summed E-state index contributed by atoms with van der Waals surface area (Å²) in [6.07, 6.45) is -1.49. The van der Waals surface area contributed by atoms with Gasteiger partial charge in [-0.2, -0.15) is 0 Å². The molecule has 0 unspecified atom stereocenters. The SMILES string of the molecule is COc1cc(/C=C/C(=O)O[C@@H]2C[C@](O)(C(=O)O)C[C@@H](O)[C@H]2O)cc2occc12. The molecule has 9 heteroatoms. The van der Waals surface area contributed by atoms with E-state index in [9.17, 15) is 24.9 Å². The van der Waals surface area contributed by atoms with Crippen LogP contribution in [0.3, 0.4) is 0 Å². The predicted octanol–water partition coefficient (Wildman–Crippen LogP) is 0.698. The van der Waals surface area contributed by atoms with E-state index in [1.807, 2.05) is 0 Å². The number of carbonyl (C=O) groups excluding carboxylic acids is 1. The third-order valence-corrected chi connectivity index (χ3v) is 4.71. The Bertz CT molecular complexity index is 915. The Hall–Kier alpha value is -2.88. The maximum absolute atomic E-state index is 12.1. The zero-order valence-electron chi connectivity index (χ0n) is 14.9. The van der Waals surface area contributed by atoms with Gasteiger partial charge in [-0.3, -0.25) is 0 Å². The van der Waals surface area contributed by atoms with Crippen molar-refractivity contribution >= 4 is 29.0 Å². The van der Waals surface area contributed by atoms with Crippen molar-refractivity contribution in [3.05, 3.63) is 36.1 Å². The van der Waals surface area contributed by atoms with Crippen LogP contribution in [0.4, 0.5) is 0 Å². The molecule has 0 radical (unpaired) electrons. The van der Waals surface area contributed by atoms with Crippen LogP contribution in [0.5, 0.6) is 5.75 Å². The van der Waals surface area contributed by atoms with E-state index in [2.05, 4.69) is 0 Å². The van der Waals surface area contributed by atoms with Crippen molar-refractivity contribution in [3.8, 4) is 5.75 Å². The summed E-state index contributed by atoms with van der Waals surface area (Å²) in [7, 11) is 1.50. The molecule has 0 spiro atoms. The number of aliphatic carboxylic acids is 1. The van der Waals surface area contributed by atoms with E-state index >= 15 is 0 Å². The summed E-state index contributed by atoms with van der Waals surface area (Å²) in [5.41, 5.74) is -1.14. The van der Waals surface area contributed by atoms with E-state index in [0.717, 1.165) is 11.5 Å². The summed E-state index contributed by atoms with van der Waals surface area (Å²) in [5.74, 6) is -1.88. The van der Waals surface area contributed by atoms with Gasteiger partial charge in [-0.05, 0) is 29.8 Å². The van der Waals surface area contributed by atoms with Crippen molar-refractivity contribution in [3.63, 3.8) is 0 Å². The largest absolute Gasteiger partial charge is 0.496 e. The number of furan rings is 1. The second-order valence-electron chi connectivity index (χ2n) is 6.67. The fourth-order valence-electron chi connectivity index (χ4n) is 3.21. The zero-order valence-corrected chi connectivity index (χ0v) is 14.9. The topological polar surface area (TPSA) is 147 Å². The molecule has 1 aliphatic carbocycles. The van der Waals surface area contributed by atoms with Crippen LogP contribution in [0.2, 0.25) is 0 Å². The van der Waals surface area contributed by atoms with Gasteiger partial charge >= 0.3 is 11.9 Å². The summed E-state index contributed by atoms with van der Waals surface area (Å²) in [4.78, 5) is 23.3. The first-order valence-electron chi connectivity index (χ1n) is 8.49. The molecule has 0 saturated heterocycles. The van der Waals surface area contributed by atoms with E-state index in [-0.39, 0.29) is 0 Å². The Labute approximate surface area is 159 Å². The van der Waals surface area contributed by atoms with Gasteiger partial charge < -0.3 is 34.3 Å². The lowest BCUT2D eigenvalue weighted by Crippen LogP contribution is -2.57. The van der Waals surface area contributed by atoms with Gasteiger partial charge in [0, 0.05) is 18.9 Å². The number of rotatable bonds is 5. The lowest BCUT2D eigenvalue weighted by Gasteiger charge is -2.39. The monoisotopic (exact) mass is 392 g/mol. The van der Waals surface area contributed by atoms with Gasteiger partial charge in [0.15, 0.2) is 5.60 Å². The highest BCUT2D eigenvalue weighted by molar-refractivity contribution is 5.90. The van der Waals surface area contributed by atoms with Gasteiger partial charge in [0.2, 0.25) is 0 Å². The Kier molecular flexibility index (Phi) is 5.41. The smallest absolute Gasteiger partial charge is 0.335 e. The second kappa shape index (κ2) is 7.63. The Morgan fingerprint density at radius 2 is 2.04 bits per heavy atom. The number of hydrogen-bond donors (Lipinski definition) is 4. The molecule has 1 aromatic carbocycles.